The lowest BCUT2D eigenvalue weighted by molar-refractivity contribution is -0.120. The minimum Gasteiger partial charge on any atom is -0.301 e. The van der Waals surface area contributed by atoms with Crippen LogP contribution < -0.4 is 5.32 Å². The molecular weight excluding hydrogens is 282 g/mol. The summed E-state index contributed by atoms with van der Waals surface area (Å²) in [6, 6.07) is 0.0249. The van der Waals surface area contributed by atoms with Crippen molar-refractivity contribution in [3.05, 3.63) is 11.1 Å². The molecule has 1 amide bonds. The highest BCUT2D eigenvalue weighted by atomic mass is 32.1. The molecule has 21 heavy (non-hydrogen) atoms. The zero-order valence-electron chi connectivity index (χ0n) is 12.9. The number of hydrogen-bond donors (Lipinski definition) is 1. The van der Waals surface area contributed by atoms with Crippen LogP contribution in [0.25, 0.3) is 0 Å². The van der Waals surface area contributed by atoms with Crippen LogP contribution in [0.5, 0.6) is 0 Å². The maximum absolute atomic E-state index is 12.4. The molecule has 0 radical (unpaired) electrons. The van der Waals surface area contributed by atoms with Crippen molar-refractivity contribution in [1.82, 2.24) is 9.88 Å². The number of hydrogen-bond acceptors (Lipinski definition) is 4. The summed E-state index contributed by atoms with van der Waals surface area (Å²) < 4.78 is 0. The van der Waals surface area contributed by atoms with Crippen molar-refractivity contribution in [1.29, 1.82) is 0 Å². The fourth-order valence-electron chi connectivity index (χ4n) is 2.54. The van der Waals surface area contributed by atoms with E-state index in [9.17, 15) is 4.79 Å². The van der Waals surface area contributed by atoms with Crippen molar-refractivity contribution in [2.24, 2.45) is 0 Å². The van der Waals surface area contributed by atoms with E-state index in [0.29, 0.717) is 0 Å². The quantitative estimate of drug-likeness (QED) is 0.909. The summed E-state index contributed by atoms with van der Waals surface area (Å²) in [4.78, 5) is 19.2. The standard InChI is InChI=1S/C15H25N3OS.CH4.H2/c1-5-8-18-9-6-7-11(18)13(19)17-14-16-12(10-20-14)15(2,3)4;;/h10-11H,5-9H2,1-4H3,(H,16,17,19);1H4;1H/t11-;;/m0../s1. The van der Waals surface area contributed by atoms with Gasteiger partial charge in [-0.15, -0.1) is 11.3 Å². The van der Waals surface area contributed by atoms with E-state index in [-0.39, 0.29) is 26.2 Å². The fourth-order valence-corrected chi connectivity index (χ4v) is 3.48. The number of likely N-dealkylation sites (tertiary alicyclic amines) is 1. The zero-order valence-corrected chi connectivity index (χ0v) is 13.7. The molecule has 2 rings (SSSR count). The number of carbonyl (C=O) groups is 1. The smallest absolute Gasteiger partial charge is 0.243 e. The first-order valence-corrected chi connectivity index (χ1v) is 8.30. The summed E-state index contributed by atoms with van der Waals surface area (Å²) >= 11 is 1.52. The molecule has 1 N–H and O–H groups in total. The lowest BCUT2D eigenvalue weighted by Crippen LogP contribution is -2.39. The second-order valence-corrected chi connectivity index (χ2v) is 7.33. The molecule has 2 heterocycles. The van der Waals surface area contributed by atoms with E-state index in [1.807, 2.05) is 5.38 Å². The average Bonchev–Trinajstić information content (AvgIpc) is 2.97. The van der Waals surface area contributed by atoms with Crippen LogP contribution in [0.4, 0.5) is 5.13 Å². The van der Waals surface area contributed by atoms with Crippen molar-refractivity contribution in [3.63, 3.8) is 0 Å². The van der Waals surface area contributed by atoms with Gasteiger partial charge in [-0.1, -0.05) is 35.1 Å². The van der Waals surface area contributed by atoms with Gasteiger partial charge in [-0.05, 0) is 32.4 Å². The number of thiazole rings is 1. The van der Waals surface area contributed by atoms with Gasteiger partial charge in [0.25, 0.3) is 0 Å². The summed E-state index contributed by atoms with van der Waals surface area (Å²) in [5.74, 6) is 0.103. The van der Waals surface area contributed by atoms with Crippen LogP contribution in [0.3, 0.4) is 0 Å². The summed E-state index contributed by atoms with van der Waals surface area (Å²) in [6.07, 6.45) is 3.17. The van der Waals surface area contributed by atoms with Gasteiger partial charge in [0.1, 0.15) is 0 Å². The third-order valence-electron chi connectivity index (χ3n) is 3.68. The van der Waals surface area contributed by atoms with Gasteiger partial charge in [-0.25, -0.2) is 4.98 Å². The van der Waals surface area contributed by atoms with Gasteiger partial charge in [-0.2, -0.15) is 0 Å². The van der Waals surface area contributed by atoms with Gasteiger partial charge in [0.2, 0.25) is 5.91 Å². The van der Waals surface area contributed by atoms with E-state index < -0.39 is 0 Å². The number of carbonyl (C=O) groups excluding carboxylic acids is 1. The van der Waals surface area contributed by atoms with Crippen LogP contribution in [-0.2, 0) is 10.2 Å². The van der Waals surface area contributed by atoms with E-state index >= 15 is 0 Å². The van der Waals surface area contributed by atoms with E-state index in [4.69, 9.17) is 0 Å². The Bertz CT molecular complexity index is 470. The fraction of sp³-hybridized carbons (Fsp3) is 0.750. The van der Waals surface area contributed by atoms with E-state index in [1.54, 1.807) is 0 Å². The van der Waals surface area contributed by atoms with Crippen LogP contribution in [0, 0.1) is 0 Å². The monoisotopic (exact) mass is 313 g/mol. The predicted octanol–water partition coefficient (Wildman–Crippen LogP) is 4.14. The molecule has 0 saturated carbocycles. The topological polar surface area (TPSA) is 45.2 Å². The molecule has 0 aromatic carbocycles. The highest BCUT2D eigenvalue weighted by Crippen LogP contribution is 2.27. The number of nitrogens with zero attached hydrogens (tertiary/aromatic N) is 2. The Morgan fingerprint density at radius 1 is 1.57 bits per heavy atom. The molecule has 5 heteroatoms. The molecule has 122 valence electrons. The van der Waals surface area contributed by atoms with Crippen LogP contribution in [-0.4, -0.2) is 34.9 Å². The van der Waals surface area contributed by atoms with Gasteiger partial charge in [0.15, 0.2) is 5.13 Å². The SMILES string of the molecule is C.CCCN1CCC[C@H]1C(=O)Nc1nc(C(C)(C)C)cs1.[HH]. The van der Waals surface area contributed by atoms with Crippen molar-refractivity contribution < 1.29 is 6.22 Å². The number of nitrogens with one attached hydrogen (secondary N) is 1. The Kier molecular flexibility index (Phi) is 6.35. The van der Waals surface area contributed by atoms with Crippen molar-refractivity contribution in [2.75, 3.05) is 18.4 Å². The minimum absolute atomic E-state index is 0. The number of amides is 1. The molecule has 1 aliphatic rings. The lowest BCUT2D eigenvalue weighted by atomic mass is 9.93. The maximum atomic E-state index is 12.4. The van der Waals surface area contributed by atoms with Crippen molar-refractivity contribution in [2.45, 2.75) is 65.8 Å². The van der Waals surface area contributed by atoms with E-state index in [2.05, 4.69) is 42.9 Å². The van der Waals surface area contributed by atoms with Crippen molar-refractivity contribution in [3.8, 4) is 0 Å². The van der Waals surface area contributed by atoms with Crippen LogP contribution in [0.2, 0.25) is 0 Å². The zero-order chi connectivity index (χ0) is 14.8. The molecule has 0 aliphatic carbocycles. The number of anilines is 1. The molecule has 0 bridgehead atoms. The van der Waals surface area contributed by atoms with Crippen LogP contribution >= 0.6 is 11.3 Å². The maximum Gasteiger partial charge on any atom is 0.243 e. The Morgan fingerprint density at radius 3 is 2.86 bits per heavy atom. The third-order valence-corrected chi connectivity index (χ3v) is 4.44. The lowest BCUT2D eigenvalue weighted by Gasteiger charge is -2.22. The van der Waals surface area contributed by atoms with Gasteiger partial charge < -0.3 is 5.32 Å². The summed E-state index contributed by atoms with van der Waals surface area (Å²) in [5, 5.41) is 5.75. The van der Waals surface area contributed by atoms with E-state index in [0.717, 1.165) is 43.2 Å². The molecule has 1 atom stereocenters. The largest absolute Gasteiger partial charge is 0.301 e. The molecule has 0 spiro atoms. The Balaban J connectivity index is 0.00000220. The van der Waals surface area contributed by atoms with E-state index in [1.165, 1.54) is 11.3 Å². The highest BCUT2D eigenvalue weighted by molar-refractivity contribution is 7.14. The Labute approximate surface area is 134 Å². The summed E-state index contributed by atoms with van der Waals surface area (Å²) in [7, 11) is 0. The minimum atomic E-state index is 0. The van der Waals surface area contributed by atoms with Gasteiger partial charge in [0, 0.05) is 12.2 Å². The molecule has 1 saturated heterocycles. The normalized spacial score (nSPS) is 19.3. The molecule has 1 aromatic rings. The van der Waals surface area contributed by atoms with Crippen molar-refractivity contribution >= 4 is 22.4 Å². The Hall–Kier alpha value is -0.940. The molecule has 4 nitrogen and oxygen atoms in total. The molecule has 1 aromatic heterocycles. The van der Waals surface area contributed by atoms with Crippen LogP contribution in [0.1, 0.15) is 61.5 Å². The number of aromatic nitrogens is 1. The summed E-state index contributed by atoms with van der Waals surface area (Å²) in [6.45, 7) is 10.6. The Morgan fingerprint density at radius 2 is 2.29 bits per heavy atom. The first-order valence-electron chi connectivity index (χ1n) is 7.42. The second-order valence-electron chi connectivity index (χ2n) is 6.47. The van der Waals surface area contributed by atoms with Gasteiger partial charge in [0.05, 0.1) is 11.7 Å². The second kappa shape index (κ2) is 7.36. The predicted molar refractivity (Wildman–Crippen MR) is 93.2 cm³/mol. The highest BCUT2D eigenvalue weighted by Gasteiger charge is 2.30. The van der Waals surface area contributed by atoms with Crippen LogP contribution in [0.15, 0.2) is 5.38 Å². The molecule has 1 aliphatic heterocycles. The molecular formula is C16H31N3OS. The first-order chi connectivity index (χ1) is 9.41. The van der Waals surface area contributed by atoms with Gasteiger partial charge in [-0.3, -0.25) is 9.69 Å². The molecule has 0 unspecified atom stereocenters. The molecule has 1 fully saturated rings. The first kappa shape index (κ1) is 18.1. The third kappa shape index (κ3) is 4.51. The number of rotatable bonds is 4. The van der Waals surface area contributed by atoms with Gasteiger partial charge >= 0.3 is 0 Å². The summed E-state index contributed by atoms with van der Waals surface area (Å²) in [5.41, 5.74) is 1.07. The average molecular weight is 314 g/mol.